The third-order valence-corrected chi connectivity index (χ3v) is 3.65. The first-order valence-corrected chi connectivity index (χ1v) is 7.03. The topological polar surface area (TPSA) is 49.4 Å². The molecule has 1 aromatic carbocycles. The molecule has 1 aromatic rings. The average Bonchev–Trinajstić information content (AvgIpc) is 3.14. The molecule has 108 valence electrons. The molecule has 0 spiro atoms. The fourth-order valence-electron chi connectivity index (χ4n) is 2.59. The molecule has 0 atom stereocenters. The van der Waals surface area contributed by atoms with Crippen molar-refractivity contribution in [2.24, 2.45) is 0 Å². The molecule has 4 heteroatoms. The summed E-state index contributed by atoms with van der Waals surface area (Å²) in [6.45, 7) is 7.68. The normalized spacial score (nSPS) is 14.0. The van der Waals surface area contributed by atoms with Gasteiger partial charge in [0, 0.05) is 18.7 Å². The van der Waals surface area contributed by atoms with Crippen molar-refractivity contribution in [1.82, 2.24) is 4.90 Å². The van der Waals surface area contributed by atoms with Crippen molar-refractivity contribution in [2.75, 3.05) is 11.9 Å². The van der Waals surface area contributed by atoms with Crippen LogP contribution in [-0.4, -0.2) is 29.3 Å². The Morgan fingerprint density at radius 1 is 1.20 bits per heavy atom. The van der Waals surface area contributed by atoms with Crippen LogP contribution in [0.25, 0.3) is 0 Å². The molecule has 1 aliphatic carbocycles. The first kappa shape index (κ1) is 14.6. The molecule has 0 bridgehead atoms. The van der Waals surface area contributed by atoms with E-state index in [2.05, 4.69) is 5.32 Å². The first-order valence-electron chi connectivity index (χ1n) is 7.03. The molecule has 0 radical (unpaired) electrons. The number of benzene rings is 1. The van der Waals surface area contributed by atoms with Crippen LogP contribution in [0, 0.1) is 20.8 Å². The Morgan fingerprint density at radius 3 is 2.20 bits per heavy atom. The van der Waals surface area contributed by atoms with Gasteiger partial charge in [0.05, 0.1) is 0 Å². The van der Waals surface area contributed by atoms with Crippen molar-refractivity contribution in [3.05, 3.63) is 28.8 Å². The number of nitrogens with one attached hydrogen (secondary N) is 1. The second kappa shape index (κ2) is 5.65. The summed E-state index contributed by atoms with van der Waals surface area (Å²) >= 11 is 0. The van der Waals surface area contributed by atoms with Crippen LogP contribution in [0.3, 0.4) is 0 Å². The predicted octanol–water partition coefficient (Wildman–Crippen LogP) is 2.56. The molecule has 0 heterocycles. The molecule has 20 heavy (non-hydrogen) atoms. The second-order valence-electron chi connectivity index (χ2n) is 5.70. The van der Waals surface area contributed by atoms with E-state index in [0.29, 0.717) is 0 Å². The van der Waals surface area contributed by atoms with Gasteiger partial charge in [-0.3, -0.25) is 9.59 Å². The van der Waals surface area contributed by atoms with E-state index in [-0.39, 0.29) is 24.4 Å². The molecule has 4 nitrogen and oxygen atoms in total. The number of carbonyl (C=O) groups excluding carboxylic acids is 2. The minimum Gasteiger partial charge on any atom is -0.331 e. The molecule has 1 aliphatic rings. The summed E-state index contributed by atoms with van der Waals surface area (Å²) < 4.78 is 0. The predicted molar refractivity (Wildman–Crippen MR) is 79.7 cm³/mol. The molecule has 2 amide bonds. The number of hydrogen-bond donors (Lipinski definition) is 1. The summed E-state index contributed by atoms with van der Waals surface area (Å²) in [7, 11) is 0. The molecule has 0 aromatic heterocycles. The van der Waals surface area contributed by atoms with Crippen LogP contribution in [0.4, 0.5) is 5.69 Å². The maximum Gasteiger partial charge on any atom is 0.244 e. The van der Waals surface area contributed by atoms with Crippen LogP contribution >= 0.6 is 0 Å². The van der Waals surface area contributed by atoms with Crippen molar-refractivity contribution >= 4 is 17.5 Å². The Bertz CT molecular complexity index is 524. The van der Waals surface area contributed by atoms with Crippen LogP contribution in [0.15, 0.2) is 12.1 Å². The highest BCUT2D eigenvalue weighted by Crippen LogP contribution is 2.27. The lowest BCUT2D eigenvalue weighted by atomic mass is 10.1. The smallest absolute Gasteiger partial charge is 0.244 e. The van der Waals surface area contributed by atoms with E-state index in [1.807, 2.05) is 32.9 Å². The lowest BCUT2D eigenvalue weighted by Crippen LogP contribution is -2.38. The van der Waals surface area contributed by atoms with E-state index in [1.54, 1.807) is 4.90 Å². The van der Waals surface area contributed by atoms with Crippen molar-refractivity contribution in [1.29, 1.82) is 0 Å². The van der Waals surface area contributed by atoms with Crippen LogP contribution in [0.2, 0.25) is 0 Å². The van der Waals surface area contributed by atoms with E-state index in [9.17, 15) is 9.59 Å². The molecular weight excluding hydrogens is 252 g/mol. The summed E-state index contributed by atoms with van der Waals surface area (Å²) in [6, 6.07) is 4.36. The first-order chi connectivity index (χ1) is 9.38. The molecule has 2 rings (SSSR count). The molecule has 1 fully saturated rings. The van der Waals surface area contributed by atoms with E-state index >= 15 is 0 Å². The summed E-state index contributed by atoms with van der Waals surface area (Å²) in [6.07, 6.45) is 2.02. The quantitative estimate of drug-likeness (QED) is 0.917. The van der Waals surface area contributed by atoms with Crippen LogP contribution in [0.1, 0.15) is 36.5 Å². The summed E-state index contributed by atoms with van der Waals surface area (Å²) in [4.78, 5) is 25.3. The average molecular weight is 274 g/mol. The second-order valence-corrected chi connectivity index (χ2v) is 5.70. The van der Waals surface area contributed by atoms with Gasteiger partial charge in [0.15, 0.2) is 0 Å². The zero-order valence-electron chi connectivity index (χ0n) is 12.6. The van der Waals surface area contributed by atoms with Gasteiger partial charge in [-0.2, -0.15) is 0 Å². The number of anilines is 1. The van der Waals surface area contributed by atoms with E-state index in [4.69, 9.17) is 0 Å². The largest absolute Gasteiger partial charge is 0.331 e. The third-order valence-electron chi connectivity index (χ3n) is 3.65. The zero-order valence-corrected chi connectivity index (χ0v) is 12.6. The Morgan fingerprint density at radius 2 is 1.75 bits per heavy atom. The van der Waals surface area contributed by atoms with Gasteiger partial charge in [0.25, 0.3) is 0 Å². The molecule has 0 unspecified atom stereocenters. The van der Waals surface area contributed by atoms with Crippen molar-refractivity contribution in [3.8, 4) is 0 Å². The maximum absolute atomic E-state index is 12.1. The summed E-state index contributed by atoms with van der Waals surface area (Å²) in [5, 5.41) is 2.94. The number of amides is 2. The van der Waals surface area contributed by atoms with Crippen LogP contribution < -0.4 is 5.32 Å². The minimum absolute atomic E-state index is 0.0278. The maximum atomic E-state index is 12.1. The Balaban J connectivity index is 2.06. The van der Waals surface area contributed by atoms with Gasteiger partial charge in [0.2, 0.25) is 11.8 Å². The number of nitrogens with zero attached hydrogens (tertiary/aromatic N) is 1. The SMILES string of the molecule is CC(=O)N(CC(=O)Nc1c(C)cc(C)cc1C)C1CC1. The standard InChI is InChI=1S/C16H22N2O2/c1-10-7-11(2)16(12(3)8-10)17-15(20)9-18(13(4)19)14-5-6-14/h7-8,14H,5-6,9H2,1-4H3,(H,17,20). The molecule has 0 saturated heterocycles. The van der Waals surface area contributed by atoms with Crippen molar-refractivity contribution in [2.45, 2.75) is 46.6 Å². The monoisotopic (exact) mass is 274 g/mol. The fourth-order valence-corrected chi connectivity index (χ4v) is 2.59. The molecular formula is C16H22N2O2. The van der Waals surface area contributed by atoms with Crippen LogP contribution in [-0.2, 0) is 9.59 Å². The van der Waals surface area contributed by atoms with Crippen LogP contribution in [0.5, 0.6) is 0 Å². The highest BCUT2D eigenvalue weighted by atomic mass is 16.2. The van der Waals surface area contributed by atoms with E-state index in [0.717, 1.165) is 29.7 Å². The highest BCUT2D eigenvalue weighted by Gasteiger charge is 2.32. The molecule has 0 aliphatic heterocycles. The van der Waals surface area contributed by atoms with E-state index in [1.165, 1.54) is 12.5 Å². The Labute approximate surface area is 120 Å². The van der Waals surface area contributed by atoms with Gasteiger partial charge in [-0.25, -0.2) is 0 Å². The summed E-state index contributed by atoms with van der Waals surface area (Å²) in [5.74, 6) is -0.151. The Hall–Kier alpha value is -1.84. The van der Waals surface area contributed by atoms with Gasteiger partial charge in [-0.1, -0.05) is 17.7 Å². The van der Waals surface area contributed by atoms with Crippen molar-refractivity contribution in [3.63, 3.8) is 0 Å². The van der Waals surface area contributed by atoms with Gasteiger partial charge in [0.1, 0.15) is 6.54 Å². The van der Waals surface area contributed by atoms with Gasteiger partial charge in [-0.05, 0) is 44.7 Å². The fraction of sp³-hybridized carbons (Fsp3) is 0.500. The number of hydrogen-bond acceptors (Lipinski definition) is 2. The number of rotatable bonds is 4. The third kappa shape index (κ3) is 3.38. The lowest BCUT2D eigenvalue weighted by Gasteiger charge is -2.21. The Kier molecular flexibility index (Phi) is 4.12. The van der Waals surface area contributed by atoms with Crippen molar-refractivity contribution < 1.29 is 9.59 Å². The molecule has 1 saturated carbocycles. The van der Waals surface area contributed by atoms with E-state index < -0.39 is 0 Å². The van der Waals surface area contributed by atoms with Gasteiger partial charge >= 0.3 is 0 Å². The lowest BCUT2D eigenvalue weighted by molar-refractivity contribution is -0.133. The highest BCUT2D eigenvalue weighted by molar-refractivity contribution is 5.95. The number of carbonyl (C=O) groups is 2. The molecule has 1 N–H and O–H groups in total. The summed E-state index contributed by atoms with van der Waals surface area (Å²) in [5.41, 5.74) is 4.15. The number of aryl methyl sites for hydroxylation is 3. The zero-order chi connectivity index (χ0) is 14.9. The van der Waals surface area contributed by atoms with Gasteiger partial charge in [-0.15, -0.1) is 0 Å². The minimum atomic E-state index is -0.123. The van der Waals surface area contributed by atoms with Gasteiger partial charge < -0.3 is 10.2 Å².